The fourth-order valence-electron chi connectivity index (χ4n) is 3.19. The SMILES string of the molecule is O=C(Nc1cc(C(F)(F)F)ccc1Cl)C1CC(=O)N(CC2CCCO2)C1. The maximum absolute atomic E-state index is 12.8. The molecule has 2 unspecified atom stereocenters. The van der Waals surface area contributed by atoms with Gasteiger partial charge in [0.2, 0.25) is 11.8 Å². The summed E-state index contributed by atoms with van der Waals surface area (Å²) in [6, 6.07) is 2.73. The molecule has 0 radical (unpaired) electrons. The van der Waals surface area contributed by atoms with Crippen molar-refractivity contribution in [1.82, 2.24) is 4.90 Å². The third kappa shape index (κ3) is 4.29. The summed E-state index contributed by atoms with van der Waals surface area (Å²) in [4.78, 5) is 26.1. The second-order valence-electron chi connectivity index (χ2n) is 6.52. The molecule has 26 heavy (non-hydrogen) atoms. The lowest BCUT2D eigenvalue weighted by Gasteiger charge is -2.20. The normalized spacial score (nSPS) is 23.5. The molecule has 0 aliphatic carbocycles. The standard InChI is InChI=1S/C17H18ClF3N2O3/c18-13-4-3-11(17(19,20)21)7-14(13)22-16(25)10-6-15(24)23(8-10)9-12-2-1-5-26-12/h3-4,7,10,12H,1-2,5-6,8-9H2,(H,22,25). The fourth-order valence-corrected chi connectivity index (χ4v) is 3.36. The summed E-state index contributed by atoms with van der Waals surface area (Å²) in [6.45, 7) is 1.33. The monoisotopic (exact) mass is 390 g/mol. The average molecular weight is 391 g/mol. The Morgan fingerprint density at radius 3 is 2.81 bits per heavy atom. The van der Waals surface area contributed by atoms with Crippen LogP contribution in [0.1, 0.15) is 24.8 Å². The number of benzene rings is 1. The van der Waals surface area contributed by atoms with Gasteiger partial charge in [0, 0.05) is 26.1 Å². The fraction of sp³-hybridized carbons (Fsp3) is 0.529. The Kier molecular flexibility index (Phi) is 5.43. The quantitative estimate of drug-likeness (QED) is 0.858. The van der Waals surface area contributed by atoms with E-state index >= 15 is 0 Å². The number of carbonyl (C=O) groups is 2. The minimum absolute atomic E-state index is 0.00638. The van der Waals surface area contributed by atoms with E-state index < -0.39 is 23.6 Å². The topological polar surface area (TPSA) is 58.6 Å². The van der Waals surface area contributed by atoms with Gasteiger partial charge in [-0.05, 0) is 31.0 Å². The number of ether oxygens (including phenoxy) is 1. The van der Waals surface area contributed by atoms with Gasteiger partial charge in [0.05, 0.1) is 28.3 Å². The highest BCUT2D eigenvalue weighted by Crippen LogP contribution is 2.34. The molecular formula is C17H18ClF3N2O3. The second-order valence-corrected chi connectivity index (χ2v) is 6.92. The smallest absolute Gasteiger partial charge is 0.376 e. The summed E-state index contributed by atoms with van der Waals surface area (Å²) >= 11 is 5.89. The second kappa shape index (κ2) is 7.44. The minimum atomic E-state index is -4.54. The molecule has 142 valence electrons. The van der Waals surface area contributed by atoms with E-state index in [0.29, 0.717) is 13.2 Å². The van der Waals surface area contributed by atoms with E-state index in [9.17, 15) is 22.8 Å². The van der Waals surface area contributed by atoms with Crippen molar-refractivity contribution in [1.29, 1.82) is 0 Å². The number of anilines is 1. The lowest BCUT2D eigenvalue weighted by atomic mass is 10.1. The van der Waals surface area contributed by atoms with Crippen molar-refractivity contribution in [2.24, 2.45) is 5.92 Å². The molecule has 2 saturated heterocycles. The Hall–Kier alpha value is -1.80. The zero-order chi connectivity index (χ0) is 18.9. The minimum Gasteiger partial charge on any atom is -0.376 e. The average Bonchev–Trinajstić information content (AvgIpc) is 3.19. The first-order valence-electron chi connectivity index (χ1n) is 8.31. The molecule has 0 bridgehead atoms. The van der Waals surface area contributed by atoms with Gasteiger partial charge in [-0.15, -0.1) is 0 Å². The number of nitrogens with one attached hydrogen (secondary N) is 1. The Bertz CT molecular complexity index is 705. The number of rotatable bonds is 4. The van der Waals surface area contributed by atoms with Crippen molar-refractivity contribution in [3.63, 3.8) is 0 Å². The van der Waals surface area contributed by atoms with Gasteiger partial charge in [-0.1, -0.05) is 11.6 Å². The molecule has 1 aromatic rings. The summed E-state index contributed by atoms with van der Waals surface area (Å²) in [5.74, 6) is -1.31. The van der Waals surface area contributed by atoms with Gasteiger partial charge in [0.1, 0.15) is 0 Å². The Balaban J connectivity index is 1.64. The van der Waals surface area contributed by atoms with E-state index in [1.807, 2.05) is 0 Å². The molecule has 9 heteroatoms. The molecule has 2 aliphatic heterocycles. The van der Waals surface area contributed by atoms with Crippen molar-refractivity contribution >= 4 is 29.1 Å². The number of carbonyl (C=O) groups excluding carboxylic acids is 2. The highest BCUT2D eigenvalue weighted by molar-refractivity contribution is 6.33. The van der Waals surface area contributed by atoms with Crippen molar-refractivity contribution in [3.05, 3.63) is 28.8 Å². The number of hydrogen-bond acceptors (Lipinski definition) is 3. The molecule has 3 rings (SSSR count). The Labute approximate surface area is 153 Å². The van der Waals surface area contributed by atoms with Crippen molar-refractivity contribution in [3.8, 4) is 0 Å². The third-order valence-corrected chi connectivity index (χ3v) is 4.91. The van der Waals surface area contributed by atoms with Gasteiger partial charge in [-0.3, -0.25) is 9.59 Å². The molecule has 2 heterocycles. The van der Waals surface area contributed by atoms with Crippen LogP contribution in [0.25, 0.3) is 0 Å². The van der Waals surface area contributed by atoms with Crippen LogP contribution in [-0.2, 0) is 20.5 Å². The van der Waals surface area contributed by atoms with Crippen LogP contribution < -0.4 is 5.32 Å². The summed E-state index contributed by atoms with van der Waals surface area (Å²) in [7, 11) is 0. The molecule has 2 aliphatic rings. The summed E-state index contributed by atoms with van der Waals surface area (Å²) in [6.07, 6.45) is -2.70. The van der Waals surface area contributed by atoms with Gasteiger partial charge >= 0.3 is 6.18 Å². The van der Waals surface area contributed by atoms with Crippen LogP contribution in [0.4, 0.5) is 18.9 Å². The highest BCUT2D eigenvalue weighted by atomic mass is 35.5. The summed E-state index contributed by atoms with van der Waals surface area (Å²) in [5.41, 5.74) is -1.02. The van der Waals surface area contributed by atoms with E-state index in [2.05, 4.69) is 5.32 Å². The zero-order valence-electron chi connectivity index (χ0n) is 13.8. The lowest BCUT2D eigenvalue weighted by molar-refractivity contribution is -0.137. The van der Waals surface area contributed by atoms with Crippen molar-refractivity contribution < 1.29 is 27.5 Å². The van der Waals surface area contributed by atoms with E-state index in [1.54, 1.807) is 4.90 Å². The van der Waals surface area contributed by atoms with Crippen LogP contribution in [0.2, 0.25) is 5.02 Å². The molecule has 2 atom stereocenters. The predicted octanol–water partition coefficient (Wildman–Crippen LogP) is 3.32. The highest BCUT2D eigenvalue weighted by Gasteiger charge is 2.36. The van der Waals surface area contributed by atoms with Crippen molar-refractivity contribution in [2.45, 2.75) is 31.5 Å². The van der Waals surface area contributed by atoms with Crippen LogP contribution in [-0.4, -0.2) is 42.5 Å². The molecule has 0 spiro atoms. The number of likely N-dealkylation sites (tertiary alicyclic amines) is 1. The lowest BCUT2D eigenvalue weighted by Crippen LogP contribution is -2.34. The summed E-state index contributed by atoms with van der Waals surface area (Å²) in [5, 5.41) is 2.42. The molecule has 0 saturated carbocycles. The molecular weight excluding hydrogens is 373 g/mol. The van der Waals surface area contributed by atoms with E-state index in [4.69, 9.17) is 16.3 Å². The van der Waals surface area contributed by atoms with E-state index in [1.165, 1.54) is 0 Å². The molecule has 2 amide bonds. The van der Waals surface area contributed by atoms with Crippen LogP contribution in [0, 0.1) is 5.92 Å². The largest absolute Gasteiger partial charge is 0.416 e. The van der Waals surface area contributed by atoms with Crippen LogP contribution in [0.5, 0.6) is 0 Å². The third-order valence-electron chi connectivity index (χ3n) is 4.58. The van der Waals surface area contributed by atoms with Gasteiger partial charge in [0.15, 0.2) is 0 Å². The van der Waals surface area contributed by atoms with Gasteiger partial charge in [-0.25, -0.2) is 0 Å². The van der Waals surface area contributed by atoms with Crippen LogP contribution >= 0.6 is 11.6 Å². The van der Waals surface area contributed by atoms with E-state index in [0.717, 1.165) is 31.0 Å². The Morgan fingerprint density at radius 1 is 1.38 bits per heavy atom. The van der Waals surface area contributed by atoms with Gasteiger partial charge in [0.25, 0.3) is 0 Å². The molecule has 1 aromatic carbocycles. The first-order chi connectivity index (χ1) is 12.2. The Morgan fingerprint density at radius 2 is 2.15 bits per heavy atom. The summed E-state index contributed by atoms with van der Waals surface area (Å²) < 4.78 is 43.9. The zero-order valence-corrected chi connectivity index (χ0v) is 14.6. The van der Waals surface area contributed by atoms with Gasteiger partial charge < -0.3 is 15.0 Å². The number of hydrogen-bond donors (Lipinski definition) is 1. The van der Waals surface area contributed by atoms with Crippen LogP contribution in [0.3, 0.4) is 0 Å². The number of nitrogens with zero attached hydrogens (tertiary/aromatic N) is 1. The predicted molar refractivity (Wildman–Crippen MR) is 88.7 cm³/mol. The van der Waals surface area contributed by atoms with Crippen LogP contribution in [0.15, 0.2) is 18.2 Å². The van der Waals surface area contributed by atoms with E-state index in [-0.39, 0.29) is 35.7 Å². The molecule has 2 fully saturated rings. The maximum atomic E-state index is 12.8. The first kappa shape index (κ1) is 19.0. The van der Waals surface area contributed by atoms with Gasteiger partial charge in [-0.2, -0.15) is 13.2 Å². The first-order valence-corrected chi connectivity index (χ1v) is 8.69. The number of alkyl halides is 3. The maximum Gasteiger partial charge on any atom is 0.416 e. The van der Waals surface area contributed by atoms with Crippen molar-refractivity contribution in [2.75, 3.05) is 25.0 Å². The molecule has 5 nitrogen and oxygen atoms in total. The molecule has 0 aromatic heterocycles. The number of halogens is 4. The number of amides is 2. The molecule has 1 N–H and O–H groups in total.